The summed E-state index contributed by atoms with van der Waals surface area (Å²) in [6.07, 6.45) is 12.0. The van der Waals surface area contributed by atoms with Crippen LogP contribution < -0.4 is 30.6 Å². The summed E-state index contributed by atoms with van der Waals surface area (Å²) in [7, 11) is 5.24. The maximum Gasteiger partial charge on any atom is 0.201 e. The van der Waals surface area contributed by atoms with Crippen molar-refractivity contribution in [3.63, 3.8) is 0 Å². The van der Waals surface area contributed by atoms with Crippen molar-refractivity contribution in [2.24, 2.45) is 57.1 Å². The van der Waals surface area contributed by atoms with Crippen molar-refractivity contribution in [1.82, 2.24) is 10.6 Å². The van der Waals surface area contributed by atoms with Crippen LogP contribution in [0.4, 0.5) is 0 Å². The molecular formula is C66H86N4O11S2. The molecule has 6 bridgehead atoms. The van der Waals surface area contributed by atoms with Gasteiger partial charge in [-0.15, -0.1) is 0 Å². The highest BCUT2D eigenvalue weighted by Crippen LogP contribution is 2.65. The Balaban J connectivity index is 1.07. The molecule has 0 radical (unpaired) electrons. The number of Topliss-reactive ketones (excluding diaryl/α,β-unsaturated/α-hetero) is 1. The second-order valence-electron chi connectivity index (χ2n) is 26.0. The summed E-state index contributed by atoms with van der Waals surface area (Å²) in [5.41, 5.74) is 12.7. The van der Waals surface area contributed by atoms with Crippen LogP contribution in [-0.4, -0.2) is 117 Å². The molecule has 3 saturated carbocycles. The largest absolute Gasteiger partial charge is 0.508 e. The Hall–Kier alpha value is -4.82. The number of carbonyl (C=O) groups is 1. The summed E-state index contributed by atoms with van der Waals surface area (Å²) in [6.45, 7) is 3.65. The Morgan fingerprint density at radius 3 is 2.51 bits per heavy atom. The summed E-state index contributed by atoms with van der Waals surface area (Å²) in [5, 5.41) is 74.4. The van der Waals surface area contributed by atoms with E-state index in [-0.39, 0.29) is 102 Å². The van der Waals surface area contributed by atoms with E-state index < -0.39 is 36.7 Å². The van der Waals surface area contributed by atoms with Crippen molar-refractivity contribution < 1.29 is 54.4 Å². The summed E-state index contributed by atoms with van der Waals surface area (Å²) in [4.78, 5) is 18.6. The van der Waals surface area contributed by atoms with Gasteiger partial charge in [0.15, 0.2) is 35.8 Å². The first kappa shape index (κ1) is 59.9. The van der Waals surface area contributed by atoms with Crippen molar-refractivity contribution in [3.05, 3.63) is 75.3 Å². The number of phenols is 2. The number of nitrogens with one attached hydrogen (secondary N) is 2. The molecule has 4 aliphatic heterocycles. The number of rotatable bonds is 6. The van der Waals surface area contributed by atoms with Gasteiger partial charge in [-0.3, -0.25) is 10.1 Å². The standard InChI is InChI=1S/C66H86N4O11S2/c1-39(2)56-34-83-82-33-54-53-30-52-42-11-17-50(75)29-49(74)16-10-40-13-20-57(76)60(80-38-72)51(40)8-4-6-44(26-42)59(61(52)81-62(53)77)79-37-68-66-36-65(25-24-64(35-65)22-5-7-41-28-48(73)18-12-45(41)31-64)23-21-47(66)27-43(58(32-71)78-3)9-14-46(66)15-19-55(54)69-63(67)70-56/h12-13,18,20,26,28,39,43,46-47,50,53-56,58,62,68,71-73,75-77H,5-7,9-11,14,16-17,21-25,27,29-38H2,1-3H3,(H3,67,69,70)/t43-,46-,47+,50-,53-,54+,55+,56-,58-,62+,64+,65-,66+/m1/s1. The van der Waals surface area contributed by atoms with Gasteiger partial charge in [0.2, 0.25) is 6.29 Å². The van der Waals surface area contributed by atoms with Gasteiger partial charge in [0.05, 0.1) is 36.5 Å². The van der Waals surface area contributed by atoms with Crippen LogP contribution in [0.3, 0.4) is 0 Å². The van der Waals surface area contributed by atoms with Crippen molar-refractivity contribution in [2.45, 2.75) is 178 Å². The van der Waals surface area contributed by atoms with Crippen LogP contribution in [0, 0.1) is 70.0 Å². The molecule has 9 aliphatic rings. The fraction of sp³-hybridized carbons (Fsp3) is 0.636. The number of nitrogens with zero attached hydrogens (tertiary/aromatic N) is 1. The molecule has 0 amide bonds. The number of methoxy groups -OCH3 is 1. The van der Waals surface area contributed by atoms with Crippen molar-refractivity contribution in [2.75, 3.05) is 38.7 Å². The van der Waals surface area contributed by atoms with Crippen LogP contribution in [0.5, 0.6) is 28.7 Å². The monoisotopic (exact) mass is 1170 g/mol. The minimum absolute atomic E-state index is 0.00615. The first-order chi connectivity index (χ1) is 40.1. The number of aliphatic hydroxyl groups is 4. The zero-order valence-corrected chi connectivity index (χ0v) is 50.2. The molecule has 3 spiro atoms. The number of carbonyl (C=O) groups excluding carboxylic acids is 1. The third-order valence-corrected chi connectivity index (χ3v) is 23.1. The topological polar surface area (TPSA) is 238 Å². The minimum atomic E-state index is -1.28. The molecule has 3 fully saturated rings. The Morgan fingerprint density at radius 1 is 0.855 bits per heavy atom. The first-order valence-corrected chi connectivity index (χ1v) is 33.1. The molecule has 83 heavy (non-hydrogen) atoms. The number of aromatic hydroxyl groups is 2. The maximum absolute atomic E-state index is 13.5. The Labute approximate surface area is 497 Å². The molecule has 12 rings (SSSR count). The Bertz CT molecular complexity index is 3020. The molecule has 10 N–H and O–H groups in total. The van der Waals surface area contributed by atoms with Gasteiger partial charge in [0.1, 0.15) is 18.3 Å². The fourth-order valence-corrected chi connectivity index (χ4v) is 19.2. The maximum atomic E-state index is 13.5. The number of ether oxygens (including phenoxy) is 4. The van der Waals surface area contributed by atoms with Crippen LogP contribution >= 0.6 is 21.6 Å². The number of hydrogen-bond acceptors (Lipinski definition) is 17. The van der Waals surface area contributed by atoms with Crippen LogP contribution in [0.25, 0.3) is 0 Å². The lowest BCUT2D eigenvalue weighted by atomic mass is 9.55. The Morgan fingerprint density at radius 2 is 1.69 bits per heavy atom. The highest BCUT2D eigenvalue weighted by Gasteiger charge is 2.59. The zero-order valence-electron chi connectivity index (χ0n) is 48.6. The van der Waals surface area contributed by atoms with Gasteiger partial charge < -0.3 is 60.6 Å². The van der Waals surface area contributed by atoms with E-state index in [1.54, 1.807) is 34.8 Å². The smallest absolute Gasteiger partial charge is 0.201 e. The van der Waals surface area contributed by atoms with E-state index in [0.717, 1.165) is 100 Å². The number of phenolic OH excluding ortho intramolecular Hbond substituents is 2. The van der Waals surface area contributed by atoms with Gasteiger partial charge in [0.25, 0.3) is 0 Å². The van der Waals surface area contributed by atoms with Gasteiger partial charge in [-0.1, -0.05) is 77.3 Å². The van der Waals surface area contributed by atoms with Crippen molar-refractivity contribution in [3.8, 4) is 52.4 Å². The molecule has 15 nitrogen and oxygen atoms in total. The second kappa shape index (κ2) is 25.6. The van der Waals surface area contributed by atoms with Gasteiger partial charge in [-0.05, 0) is 178 Å². The van der Waals surface area contributed by atoms with Crippen LogP contribution in [0.15, 0.2) is 41.4 Å². The van der Waals surface area contributed by atoms with E-state index in [2.05, 4.69) is 60.3 Å². The third kappa shape index (κ3) is 12.7. The molecule has 0 aromatic heterocycles. The molecule has 17 heteroatoms. The predicted octanol–water partition coefficient (Wildman–Crippen LogP) is 8.04. The summed E-state index contributed by atoms with van der Waals surface area (Å²) in [5.74, 6) is 16.7. The SMILES string of the molecule is CO[C@H](CO)[C@@H]1CC[C@@H]2C#C[C@@H]3NC(N)=N[C@@H](C(C)C)CSSC[C@H]3[C@H]3Cc4c5cc(c(c4O[C@@H]3O)OCN[C@@]23C[C@]2(CC[C@H]3C1)CC[C@]1(CCCc3cc(O)ccc3C1)C2)CC#Cc1c(ccc(O)c1OCO)CCC(=O)C[C@H](O)CC5. The number of nitrogens with two attached hydrogens (primary N) is 1. The minimum Gasteiger partial charge on any atom is -0.508 e. The quantitative estimate of drug-likeness (QED) is 0.0645. The lowest BCUT2D eigenvalue weighted by Gasteiger charge is -2.54. The fourth-order valence-electron chi connectivity index (χ4n) is 16.3. The number of guanidine groups is 1. The van der Waals surface area contributed by atoms with Crippen molar-refractivity contribution >= 4 is 33.3 Å². The zero-order chi connectivity index (χ0) is 58.0. The lowest BCUT2D eigenvalue weighted by molar-refractivity contribution is -0.121. The first-order valence-electron chi connectivity index (χ1n) is 30.6. The molecule has 448 valence electrons. The molecule has 4 heterocycles. The van der Waals surface area contributed by atoms with E-state index in [0.29, 0.717) is 71.3 Å². The number of benzene rings is 3. The van der Waals surface area contributed by atoms with E-state index in [1.807, 2.05) is 12.1 Å². The number of aliphatic hydroxyl groups excluding tert-OH is 4. The predicted molar refractivity (Wildman–Crippen MR) is 323 cm³/mol. The van der Waals surface area contributed by atoms with Gasteiger partial charge in [-0.25, -0.2) is 4.99 Å². The van der Waals surface area contributed by atoms with Crippen LogP contribution in [0.2, 0.25) is 0 Å². The highest BCUT2D eigenvalue weighted by molar-refractivity contribution is 8.76. The van der Waals surface area contributed by atoms with Crippen LogP contribution in [-0.2, 0) is 48.1 Å². The number of aliphatic imine (C=N–C) groups is 1. The normalized spacial score (nSPS) is 33.2. The Kier molecular flexibility index (Phi) is 18.5. The highest BCUT2D eigenvalue weighted by atomic mass is 33.1. The van der Waals surface area contributed by atoms with E-state index in [4.69, 9.17) is 29.7 Å². The molecule has 5 aliphatic carbocycles. The average Bonchev–Trinajstić information content (AvgIpc) is 2.44. The van der Waals surface area contributed by atoms with Crippen molar-refractivity contribution in [1.29, 1.82) is 0 Å². The van der Waals surface area contributed by atoms with Crippen LogP contribution in [0.1, 0.15) is 143 Å². The lowest BCUT2D eigenvalue weighted by Crippen LogP contribution is -2.62. The third-order valence-electron chi connectivity index (χ3n) is 20.6. The van der Waals surface area contributed by atoms with Gasteiger partial charge in [-0.2, -0.15) is 0 Å². The summed E-state index contributed by atoms with van der Waals surface area (Å²) >= 11 is 0. The molecule has 0 saturated heterocycles. The molecule has 3 aromatic carbocycles. The summed E-state index contributed by atoms with van der Waals surface area (Å²) in [6, 6.07) is 10.7. The number of aryl methyl sites for hydroxylation is 3. The number of hydrogen-bond donors (Lipinski definition) is 9. The molecular weight excluding hydrogens is 1090 g/mol. The van der Waals surface area contributed by atoms with Gasteiger partial charge in [0, 0.05) is 72.3 Å². The molecule has 13 atom stereocenters. The molecule has 0 unspecified atom stereocenters. The molecule has 3 aromatic rings. The number of ketones is 1. The second-order valence-corrected chi connectivity index (χ2v) is 28.5. The number of fused-ring (bicyclic) bond motifs is 7. The van der Waals surface area contributed by atoms with E-state index in [1.165, 1.54) is 17.2 Å². The summed E-state index contributed by atoms with van der Waals surface area (Å²) < 4.78 is 25.8. The average molecular weight is 1180 g/mol. The van der Waals surface area contributed by atoms with E-state index >= 15 is 0 Å². The van der Waals surface area contributed by atoms with Gasteiger partial charge >= 0.3 is 0 Å². The van der Waals surface area contributed by atoms with E-state index in [9.17, 15) is 35.4 Å².